The molecule has 0 radical (unpaired) electrons. The summed E-state index contributed by atoms with van der Waals surface area (Å²) in [5, 5.41) is -0.295. The van der Waals surface area contributed by atoms with Crippen molar-refractivity contribution in [3.8, 4) is 0 Å². The summed E-state index contributed by atoms with van der Waals surface area (Å²) in [6.07, 6.45) is 0.699. The van der Waals surface area contributed by atoms with Gasteiger partial charge in [-0.1, -0.05) is 22.9 Å². The van der Waals surface area contributed by atoms with Crippen molar-refractivity contribution in [1.82, 2.24) is 0 Å². The second-order valence-electron chi connectivity index (χ2n) is 2.21. The van der Waals surface area contributed by atoms with Crippen LogP contribution in [0.5, 0.6) is 0 Å². The average molecular weight is 275 g/mol. The van der Waals surface area contributed by atoms with Gasteiger partial charge in [0.1, 0.15) is 5.01 Å². The van der Waals surface area contributed by atoms with Crippen molar-refractivity contribution in [3.05, 3.63) is 0 Å². The minimum atomic E-state index is -3.34. The van der Waals surface area contributed by atoms with Gasteiger partial charge in [-0.25, -0.2) is 4.57 Å². The van der Waals surface area contributed by atoms with Crippen LogP contribution in [-0.2, 0) is 18.1 Å². The monoisotopic (exact) mass is 274 g/mol. The van der Waals surface area contributed by atoms with Gasteiger partial charge >= 0.3 is 7.82 Å². The summed E-state index contributed by atoms with van der Waals surface area (Å²) in [4.78, 5) is 0. The number of rotatable bonds is 7. The van der Waals surface area contributed by atoms with Gasteiger partial charge in [-0.15, -0.1) is 0 Å². The van der Waals surface area contributed by atoms with Gasteiger partial charge in [-0.2, -0.15) is 0 Å². The fourth-order valence-corrected chi connectivity index (χ4v) is 2.50. The molecule has 0 bridgehead atoms. The highest BCUT2D eigenvalue weighted by Gasteiger charge is 2.28. The third kappa shape index (κ3) is 5.81. The minimum Gasteiger partial charge on any atom is -0.287 e. The number of hydrogen-bond donors (Lipinski definition) is 0. The molecule has 80 valence electrons. The Balaban J connectivity index is 4.14. The quantitative estimate of drug-likeness (QED) is 0.528. The van der Waals surface area contributed by atoms with Gasteiger partial charge in [0.15, 0.2) is 0 Å². The summed E-state index contributed by atoms with van der Waals surface area (Å²) in [5.74, 6) is 0. The molecule has 0 saturated heterocycles. The zero-order valence-electron chi connectivity index (χ0n) is 8.16. The van der Waals surface area contributed by atoms with E-state index in [0.717, 1.165) is 0 Å². The largest absolute Gasteiger partial charge is 0.475 e. The first-order valence-electron chi connectivity index (χ1n) is 4.29. The highest BCUT2D eigenvalue weighted by atomic mass is 79.9. The van der Waals surface area contributed by atoms with Gasteiger partial charge in [0, 0.05) is 0 Å². The third-order valence-corrected chi connectivity index (χ3v) is 3.92. The summed E-state index contributed by atoms with van der Waals surface area (Å²) in [6.45, 7) is 6.00. The van der Waals surface area contributed by atoms with Gasteiger partial charge in [-0.05, 0) is 20.3 Å². The molecular weight excluding hydrogens is 259 g/mol. The van der Waals surface area contributed by atoms with Crippen molar-refractivity contribution in [2.45, 2.75) is 32.2 Å². The molecule has 0 heterocycles. The Morgan fingerprint density at radius 3 is 2.00 bits per heavy atom. The number of halogens is 1. The van der Waals surface area contributed by atoms with Crippen LogP contribution in [0.2, 0.25) is 0 Å². The number of alkyl halides is 1. The molecule has 0 aromatic carbocycles. The van der Waals surface area contributed by atoms with E-state index in [2.05, 4.69) is 15.9 Å². The number of hydrogen-bond acceptors (Lipinski definition) is 4. The van der Waals surface area contributed by atoms with Crippen LogP contribution < -0.4 is 0 Å². The number of phosphoric acid groups is 1. The minimum absolute atomic E-state index is 0.295. The highest BCUT2D eigenvalue weighted by Crippen LogP contribution is 2.51. The second-order valence-corrected chi connectivity index (χ2v) is 4.85. The van der Waals surface area contributed by atoms with Gasteiger partial charge in [0.2, 0.25) is 0 Å². The van der Waals surface area contributed by atoms with Gasteiger partial charge in [0.25, 0.3) is 0 Å². The molecule has 0 saturated carbocycles. The SMILES string of the molecule is CCOP(=O)(OCC)OC(Br)CC. The molecule has 0 spiro atoms. The second kappa shape index (κ2) is 6.96. The van der Waals surface area contributed by atoms with Crippen molar-refractivity contribution >= 4 is 23.8 Å². The zero-order valence-corrected chi connectivity index (χ0v) is 10.6. The molecule has 0 aliphatic carbocycles. The predicted molar refractivity (Wildman–Crippen MR) is 54.9 cm³/mol. The Labute approximate surface area is 87.7 Å². The van der Waals surface area contributed by atoms with Crippen LogP contribution >= 0.6 is 23.8 Å². The molecule has 0 aromatic rings. The van der Waals surface area contributed by atoms with Crippen molar-refractivity contribution in [2.24, 2.45) is 0 Å². The lowest BCUT2D eigenvalue weighted by Gasteiger charge is -2.18. The van der Waals surface area contributed by atoms with Crippen LogP contribution in [0, 0.1) is 0 Å². The summed E-state index contributed by atoms with van der Waals surface area (Å²) in [6, 6.07) is 0. The Hall–Kier alpha value is 0.590. The van der Waals surface area contributed by atoms with E-state index in [1.807, 2.05) is 6.92 Å². The maximum atomic E-state index is 11.7. The first-order chi connectivity index (χ1) is 6.08. The Kier molecular flexibility index (Phi) is 7.27. The summed E-state index contributed by atoms with van der Waals surface area (Å²) < 4.78 is 26.6. The predicted octanol–water partition coefficient (Wildman–Crippen LogP) is 3.32. The van der Waals surface area contributed by atoms with E-state index >= 15 is 0 Å². The first-order valence-corrected chi connectivity index (χ1v) is 6.67. The summed E-state index contributed by atoms with van der Waals surface area (Å²) in [5.41, 5.74) is 0. The van der Waals surface area contributed by atoms with Crippen LogP contribution in [0.15, 0.2) is 0 Å². The molecule has 6 heteroatoms. The zero-order chi connectivity index (χ0) is 10.3. The van der Waals surface area contributed by atoms with E-state index in [9.17, 15) is 4.57 Å². The molecule has 4 nitrogen and oxygen atoms in total. The van der Waals surface area contributed by atoms with Gasteiger partial charge < -0.3 is 0 Å². The van der Waals surface area contributed by atoms with E-state index in [4.69, 9.17) is 13.6 Å². The number of phosphoric ester groups is 1. The van der Waals surface area contributed by atoms with E-state index in [1.54, 1.807) is 13.8 Å². The molecule has 0 aliphatic rings. The molecule has 0 N–H and O–H groups in total. The topological polar surface area (TPSA) is 44.8 Å². The molecule has 0 fully saturated rings. The van der Waals surface area contributed by atoms with Gasteiger partial charge in [-0.3, -0.25) is 13.6 Å². The van der Waals surface area contributed by atoms with E-state index < -0.39 is 7.82 Å². The third-order valence-electron chi connectivity index (χ3n) is 1.14. The molecule has 13 heavy (non-hydrogen) atoms. The van der Waals surface area contributed by atoms with Crippen molar-refractivity contribution in [1.29, 1.82) is 0 Å². The average Bonchev–Trinajstić information content (AvgIpc) is 2.04. The van der Waals surface area contributed by atoms with Crippen LogP contribution in [0.4, 0.5) is 0 Å². The van der Waals surface area contributed by atoms with Crippen LogP contribution in [0.3, 0.4) is 0 Å². The van der Waals surface area contributed by atoms with Gasteiger partial charge in [0.05, 0.1) is 13.2 Å². The summed E-state index contributed by atoms with van der Waals surface area (Å²) >= 11 is 3.20. The lowest BCUT2D eigenvalue weighted by atomic mass is 10.5. The van der Waals surface area contributed by atoms with Crippen LogP contribution in [0.1, 0.15) is 27.2 Å². The molecule has 0 aliphatic heterocycles. The summed E-state index contributed by atoms with van der Waals surface area (Å²) in [7, 11) is -3.34. The van der Waals surface area contributed by atoms with E-state index in [-0.39, 0.29) is 5.01 Å². The maximum absolute atomic E-state index is 11.7. The fourth-order valence-electron chi connectivity index (χ4n) is 0.629. The van der Waals surface area contributed by atoms with Crippen LogP contribution in [-0.4, -0.2) is 18.2 Å². The van der Waals surface area contributed by atoms with Crippen molar-refractivity contribution in [3.63, 3.8) is 0 Å². The van der Waals surface area contributed by atoms with Crippen molar-refractivity contribution in [2.75, 3.05) is 13.2 Å². The molecule has 1 atom stereocenters. The Bertz CT molecular complexity index is 166. The smallest absolute Gasteiger partial charge is 0.287 e. The van der Waals surface area contributed by atoms with Crippen molar-refractivity contribution < 1.29 is 18.1 Å². The normalized spacial score (nSPS) is 14.5. The Morgan fingerprint density at radius 2 is 1.69 bits per heavy atom. The maximum Gasteiger partial charge on any atom is 0.475 e. The lowest BCUT2D eigenvalue weighted by Crippen LogP contribution is -2.06. The Morgan fingerprint density at radius 1 is 1.23 bits per heavy atom. The highest BCUT2D eigenvalue weighted by molar-refractivity contribution is 9.09. The lowest BCUT2D eigenvalue weighted by molar-refractivity contribution is 0.114. The molecule has 0 aromatic heterocycles. The molecule has 0 amide bonds. The van der Waals surface area contributed by atoms with E-state index in [0.29, 0.717) is 19.6 Å². The molecular formula is C7H16BrO4P. The van der Waals surface area contributed by atoms with Crippen LogP contribution in [0.25, 0.3) is 0 Å². The standard InChI is InChI=1S/C7H16BrO4P/c1-4-7(8)12-13(9,10-5-2)11-6-3/h7H,4-6H2,1-3H3. The first kappa shape index (κ1) is 13.6. The molecule has 0 rings (SSSR count). The van der Waals surface area contributed by atoms with E-state index in [1.165, 1.54) is 0 Å². The fraction of sp³-hybridized carbons (Fsp3) is 1.00. The molecule has 1 unspecified atom stereocenters.